The van der Waals surface area contributed by atoms with Crippen LogP contribution in [-0.2, 0) is 11.3 Å². The molecule has 3 rings (SSSR count). The van der Waals surface area contributed by atoms with E-state index in [-0.39, 0.29) is 12.1 Å². The summed E-state index contributed by atoms with van der Waals surface area (Å²) in [6.07, 6.45) is -0.282. The Balaban J connectivity index is 1.65. The Morgan fingerprint density at radius 2 is 1.93 bits per heavy atom. The number of hydrogen-bond acceptors (Lipinski definition) is 5. The van der Waals surface area contributed by atoms with Crippen LogP contribution < -0.4 is 9.64 Å². The van der Waals surface area contributed by atoms with Crippen LogP contribution in [0, 0.1) is 0 Å². The van der Waals surface area contributed by atoms with Gasteiger partial charge in [0, 0.05) is 37.8 Å². The third-order valence-electron chi connectivity index (χ3n) is 4.58. The molecule has 7 heteroatoms. The highest BCUT2D eigenvalue weighted by Gasteiger charge is 2.31. The summed E-state index contributed by atoms with van der Waals surface area (Å²) in [6, 6.07) is 13.6. The highest BCUT2D eigenvalue weighted by Crippen LogP contribution is 2.26. The molecule has 0 radical (unpaired) electrons. The Morgan fingerprint density at radius 1 is 1.21 bits per heavy atom. The average molecular weight is 418 g/mol. The van der Waals surface area contributed by atoms with E-state index >= 15 is 0 Å². The average Bonchev–Trinajstić information content (AvgIpc) is 2.65. The first-order chi connectivity index (χ1) is 13.7. The van der Waals surface area contributed by atoms with Crippen molar-refractivity contribution in [2.24, 2.45) is 0 Å². The van der Waals surface area contributed by atoms with E-state index in [4.69, 9.17) is 21.1 Å². The molecule has 29 heavy (non-hydrogen) atoms. The Hall–Kier alpha value is -2.47. The number of amides is 1. The Labute approximate surface area is 177 Å². The molecule has 0 N–H and O–H groups in total. The number of carbonyl (C=O) groups excluding carboxylic acids is 1. The van der Waals surface area contributed by atoms with Gasteiger partial charge in [0.05, 0.1) is 0 Å². The van der Waals surface area contributed by atoms with Crippen molar-refractivity contribution < 1.29 is 14.3 Å². The predicted octanol–water partition coefficient (Wildman–Crippen LogP) is 4.76. The second kappa shape index (κ2) is 8.91. The fraction of sp³-hybridized carbons (Fsp3) is 0.455. The smallest absolute Gasteiger partial charge is 0.410 e. The standard InChI is InChI=1S/C22H28ClN3O3/c1-16-14-25(10-11-26(16)21(27)29-22(2,3)4)20-13-18(12-19(23)24-20)28-15-17-8-6-5-7-9-17/h5-9,12-13,16H,10-11,14-15H2,1-4H3. The van der Waals surface area contributed by atoms with Gasteiger partial charge in [0.25, 0.3) is 0 Å². The van der Waals surface area contributed by atoms with Crippen molar-refractivity contribution in [3.63, 3.8) is 0 Å². The SMILES string of the molecule is CC1CN(c2cc(OCc3ccccc3)cc(Cl)n2)CCN1C(=O)OC(C)(C)C. The maximum Gasteiger partial charge on any atom is 0.410 e. The molecule has 156 valence electrons. The van der Waals surface area contributed by atoms with Crippen LogP contribution in [0.2, 0.25) is 5.15 Å². The number of rotatable bonds is 4. The summed E-state index contributed by atoms with van der Waals surface area (Å²) in [5, 5.41) is 0.382. The van der Waals surface area contributed by atoms with Gasteiger partial charge in [-0.1, -0.05) is 41.9 Å². The fourth-order valence-electron chi connectivity index (χ4n) is 3.20. The fourth-order valence-corrected chi connectivity index (χ4v) is 3.40. The summed E-state index contributed by atoms with van der Waals surface area (Å²) in [5.41, 5.74) is 0.578. The normalized spacial score (nSPS) is 17.2. The molecule has 1 unspecified atom stereocenters. The number of aromatic nitrogens is 1. The van der Waals surface area contributed by atoms with E-state index in [1.807, 2.05) is 64.1 Å². The molecule has 0 spiro atoms. The van der Waals surface area contributed by atoms with Crippen molar-refractivity contribution in [1.29, 1.82) is 0 Å². The van der Waals surface area contributed by atoms with E-state index in [0.29, 0.717) is 37.1 Å². The molecule has 1 aromatic heterocycles. The third kappa shape index (κ3) is 6.00. The second-order valence-corrected chi connectivity index (χ2v) is 8.61. The minimum Gasteiger partial charge on any atom is -0.489 e. The number of halogens is 1. The zero-order valence-corrected chi connectivity index (χ0v) is 18.1. The highest BCUT2D eigenvalue weighted by atomic mass is 35.5. The number of piperazine rings is 1. The van der Waals surface area contributed by atoms with Crippen LogP contribution in [0.1, 0.15) is 33.3 Å². The molecule has 1 aromatic carbocycles. The molecule has 1 aliphatic heterocycles. The van der Waals surface area contributed by atoms with Gasteiger partial charge in [0.2, 0.25) is 0 Å². The third-order valence-corrected chi connectivity index (χ3v) is 4.78. The van der Waals surface area contributed by atoms with E-state index in [9.17, 15) is 4.79 Å². The van der Waals surface area contributed by atoms with E-state index in [0.717, 1.165) is 11.4 Å². The van der Waals surface area contributed by atoms with Gasteiger partial charge in [0.1, 0.15) is 28.9 Å². The first kappa shape index (κ1) is 21.2. The molecule has 1 fully saturated rings. The van der Waals surface area contributed by atoms with Crippen LogP contribution in [0.3, 0.4) is 0 Å². The van der Waals surface area contributed by atoms with Gasteiger partial charge >= 0.3 is 6.09 Å². The summed E-state index contributed by atoms with van der Waals surface area (Å²) < 4.78 is 11.4. The Kier molecular flexibility index (Phi) is 6.52. The van der Waals surface area contributed by atoms with Crippen molar-refractivity contribution in [3.8, 4) is 5.75 Å². The van der Waals surface area contributed by atoms with Crippen LogP contribution in [0.25, 0.3) is 0 Å². The van der Waals surface area contributed by atoms with Gasteiger partial charge in [-0.15, -0.1) is 0 Å². The molecule has 1 saturated heterocycles. The Bertz CT molecular complexity index is 839. The predicted molar refractivity (Wildman–Crippen MR) is 115 cm³/mol. The van der Waals surface area contributed by atoms with Crippen LogP contribution in [-0.4, -0.2) is 47.3 Å². The first-order valence-electron chi connectivity index (χ1n) is 9.80. The molecule has 1 atom stereocenters. The summed E-state index contributed by atoms with van der Waals surface area (Å²) in [7, 11) is 0. The van der Waals surface area contributed by atoms with Crippen LogP contribution >= 0.6 is 11.6 Å². The molecule has 6 nitrogen and oxygen atoms in total. The topological polar surface area (TPSA) is 54.9 Å². The number of anilines is 1. The minimum absolute atomic E-state index is 0.00642. The number of pyridine rings is 1. The van der Waals surface area contributed by atoms with Crippen molar-refractivity contribution in [1.82, 2.24) is 9.88 Å². The zero-order valence-electron chi connectivity index (χ0n) is 17.4. The quantitative estimate of drug-likeness (QED) is 0.671. The van der Waals surface area contributed by atoms with Crippen molar-refractivity contribution in [3.05, 3.63) is 53.2 Å². The van der Waals surface area contributed by atoms with Gasteiger partial charge in [0.15, 0.2) is 0 Å². The van der Waals surface area contributed by atoms with Gasteiger partial charge < -0.3 is 19.3 Å². The van der Waals surface area contributed by atoms with Gasteiger partial charge in [-0.3, -0.25) is 0 Å². The Morgan fingerprint density at radius 3 is 2.59 bits per heavy atom. The van der Waals surface area contributed by atoms with E-state index in [1.54, 1.807) is 11.0 Å². The largest absolute Gasteiger partial charge is 0.489 e. The summed E-state index contributed by atoms with van der Waals surface area (Å²) >= 11 is 6.24. The number of nitrogens with zero attached hydrogens (tertiary/aromatic N) is 3. The lowest BCUT2D eigenvalue weighted by atomic mass is 10.2. The highest BCUT2D eigenvalue weighted by molar-refractivity contribution is 6.29. The van der Waals surface area contributed by atoms with Crippen LogP contribution in [0.5, 0.6) is 5.75 Å². The van der Waals surface area contributed by atoms with Gasteiger partial charge in [-0.2, -0.15) is 0 Å². The maximum atomic E-state index is 12.4. The molecule has 0 aliphatic carbocycles. The summed E-state index contributed by atoms with van der Waals surface area (Å²) in [4.78, 5) is 20.8. The number of ether oxygens (including phenoxy) is 2. The molecular weight excluding hydrogens is 390 g/mol. The van der Waals surface area contributed by atoms with E-state index in [2.05, 4.69) is 9.88 Å². The molecular formula is C22H28ClN3O3. The van der Waals surface area contributed by atoms with E-state index in [1.165, 1.54) is 0 Å². The zero-order chi connectivity index (χ0) is 21.0. The van der Waals surface area contributed by atoms with Gasteiger partial charge in [-0.25, -0.2) is 9.78 Å². The van der Waals surface area contributed by atoms with Crippen molar-refractivity contribution >= 4 is 23.5 Å². The molecule has 0 bridgehead atoms. The van der Waals surface area contributed by atoms with Gasteiger partial charge in [-0.05, 0) is 33.3 Å². The molecule has 1 amide bonds. The number of benzene rings is 1. The first-order valence-corrected chi connectivity index (χ1v) is 10.2. The molecule has 2 aromatic rings. The van der Waals surface area contributed by atoms with Crippen molar-refractivity contribution in [2.45, 2.75) is 45.9 Å². The lowest BCUT2D eigenvalue weighted by Crippen LogP contribution is -2.55. The van der Waals surface area contributed by atoms with Crippen molar-refractivity contribution in [2.75, 3.05) is 24.5 Å². The maximum absolute atomic E-state index is 12.4. The number of hydrogen-bond donors (Lipinski definition) is 0. The van der Waals surface area contributed by atoms with Crippen LogP contribution in [0.4, 0.5) is 10.6 Å². The lowest BCUT2D eigenvalue weighted by Gasteiger charge is -2.40. The monoisotopic (exact) mass is 417 g/mol. The van der Waals surface area contributed by atoms with Crippen LogP contribution in [0.15, 0.2) is 42.5 Å². The van der Waals surface area contributed by atoms with E-state index < -0.39 is 5.60 Å². The number of carbonyl (C=O) groups is 1. The second-order valence-electron chi connectivity index (χ2n) is 8.23. The molecule has 1 aliphatic rings. The lowest BCUT2D eigenvalue weighted by molar-refractivity contribution is 0.0158. The minimum atomic E-state index is -0.507. The summed E-state index contributed by atoms with van der Waals surface area (Å²) in [6.45, 7) is 9.94. The molecule has 2 heterocycles. The molecule has 0 saturated carbocycles. The summed E-state index contributed by atoms with van der Waals surface area (Å²) in [5.74, 6) is 1.42.